The molecule has 1 aliphatic rings. The SMILES string of the molecule is CCC1COC(Cn2ccnc2)(c2ccc(Cl)cc2Cl)O1.O=[N+]([O-])O. The second kappa shape index (κ2) is 8.48. The van der Waals surface area contributed by atoms with E-state index in [0.717, 1.165) is 12.0 Å². The number of aromatic nitrogens is 2. The van der Waals surface area contributed by atoms with Crippen LogP contribution in [0.25, 0.3) is 0 Å². The summed E-state index contributed by atoms with van der Waals surface area (Å²) in [5.41, 5.74) is 0.790. The number of imidazole rings is 1. The number of hydrogen-bond donors (Lipinski definition) is 1. The molecule has 2 atom stereocenters. The second-order valence-electron chi connectivity index (χ2n) is 5.31. The molecule has 1 aromatic carbocycles. The highest BCUT2D eigenvalue weighted by atomic mass is 35.5. The number of ether oxygens (including phenoxy) is 2. The van der Waals surface area contributed by atoms with E-state index in [1.807, 2.05) is 16.8 Å². The van der Waals surface area contributed by atoms with Crippen LogP contribution in [0.4, 0.5) is 0 Å². The van der Waals surface area contributed by atoms with Crippen molar-refractivity contribution in [3.05, 3.63) is 62.6 Å². The summed E-state index contributed by atoms with van der Waals surface area (Å²) in [6.07, 6.45) is 6.27. The minimum absolute atomic E-state index is 0.0558. The van der Waals surface area contributed by atoms with Crippen LogP contribution in [-0.4, -0.2) is 32.6 Å². The fourth-order valence-electron chi connectivity index (χ4n) is 2.49. The highest BCUT2D eigenvalue weighted by Crippen LogP contribution is 2.40. The third-order valence-corrected chi connectivity index (χ3v) is 4.15. The molecule has 1 aliphatic heterocycles. The lowest BCUT2D eigenvalue weighted by Gasteiger charge is -2.29. The first-order valence-corrected chi connectivity index (χ1v) is 8.18. The number of nitrogens with zero attached hydrogens (tertiary/aromatic N) is 3. The van der Waals surface area contributed by atoms with E-state index in [9.17, 15) is 0 Å². The van der Waals surface area contributed by atoms with Gasteiger partial charge in [-0.05, 0) is 18.6 Å². The summed E-state index contributed by atoms with van der Waals surface area (Å²) in [5, 5.41) is 14.8. The fraction of sp³-hybridized carbons (Fsp3) is 0.400. The number of halogens is 2. The molecule has 1 fully saturated rings. The van der Waals surface area contributed by atoms with Gasteiger partial charge in [0.05, 0.1) is 30.6 Å². The van der Waals surface area contributed by atoms with Crippen molar-refractivity contribution < 1.29 is 19.8 Å². The Hall–Kier alpha value is -1.87. The summed E-state index contributed by atoms with van der Waals surface area (Å²) in [6.45, 7) is 3.11. The van der Waals surface area contributed by atoms with E-state index in [4.69, 9.17) is 48.0 Å². The second-order valence-corrected chi connectivity index (χ2v) is 6.15. The van der Waals surface area contributed by atoms with E-state index in [1.165, 1.54) is 0 Å². The van der Waals surface area contributed by atoms with E-state index < -0.39 is 10.9 Å². The van der Waals surface area contributed by atoms with Gasteiger partial charge < -0.3 is 19.2 Å². The molecule has 3 rings (SSSR count). The van der Waals surface area contributed by atoms with Gasteiger partial charge in [0, 0.05) is 23.0 Å². The van der Waals surface area contributed by atoms with E-state index in [0.29, 0.717) is 23.2 Å². The van der Waals surface area contributed by atoms with Crippen LogP contribution in [0, 0.1) is 10.1 Å². The monoisotopic (exact) mass is 389 g/mol. The maximum absolute atomic E-state index is 8.36. The molecule has 0 amide bonds. The first-order valence-electron chi connectivity index (χ1n) is 7.42. The molecule has 0 saturated carbocycles. The Bertz CT molecular complexity index is 709. The highest BCUT2D eigenvalue weighted by molar-refractivity contribution is 6.35. The molecule has 0 spiro atoms. The molecule has 2 unspecified atom stereocenters. The van der Waals surface area contributed by atoms with Crippen LogP contribution in [0.1, 0.15) is 18.9 Å². The first-order chi connectivity index (χ1) is 11.9. The molecular formula is C15H17Cl2N3O5. The molecule has 8 nitrogen and oxygen atoms in total. The average molecular weight is 390 g/mol. The Morgan fingerprint density at radius 3 is 2.76 bits per heavy atom. The van der Waals surface area contributed by atoms with Crippen molar-refractivity contribution >= 4 is 23.2 Å². The van der Waals surface area contributed by atoms with Crippen molar-refractivity contribution in [1.29, 1.82) is 0 Å². The molecule has 0 radical (unpaired) electrons. The minimum atomic E-state index is -1.50. The Labute approximate surface area is 154 Å². The lowest BCUT2D eigenvalue weighted by atomic mass is 10.1. The van der Waals surface area contributed by atoms with Crippen LogP contribution < -0.4 is 0 Å². The molecule has 25 heavy (non-hydrogen) atoms. The highest BCUT2D eigenvalue weighted by Gasteiger charge is 2.44. The van der Waals surface area contributed by atoms with Gasteiger partial charge in [-0.3, -0.25) is 0 Å². The van der Waals surface area contributed by atoms with Crippen LogP contribution in [0.3, 0.4) is 0 Å². The van der Waals surface area contributed by atoms with E-state index in [2.05, 4.69) is 11.9 Å². The maximum atomic E-state index is 8.36. The zero-order valence-electron chi connectivity index (χ0n) is 13.3. The summed E-state index contributed by atoms with van der Waals surface area (Å²) in [5.74, 6) is -0.900. The smallest absolute Gasteiger partial charge is 0.291 e. The van der Waals surface area contributed by atoms with Gasteiger partial charge in [0.1, 0.15) is 0 Å². The van der Waals surface area contributed by atoms with Gasteiger partial charge >= 0.3 is 0 Å². The van der Waals surface area contributed by atoms with E-state index >= 15 is 0 Å². The molecule has 1 N–H and O–H groups in total. The predicted octanol–water partition coefficient (Wildman–Crippen LogP) is 3.52. The lowest BCUT2D eigenvalue weighted by molar-refractivity contribution is -0.742. The number of benzene rings is 1. The largest absolute Gasteiger partial charge is 0.342 e. The van der Waals surface area contributed by atoms with Gasteiger partial charge in [-0.15, -0.1) is 10.1 Å². The van der Waals surface area contributed by atoms with Gasteiger partial charge in [0.15, 0.2) is 0 Å². The average Bonchev–Trinajstić information content (AvgIpc) is 3.17. The van der Waals surface area contributed by atoms with Crippen molar-refractivity contribution in [2.45, 2.75) is 31.8 Å². The van der Waals surface area contributed by atoms with Gasteiger partial charge in [0.25, 0.3) is 5.09 Å². The Kier molecular flexibility index (Phi) is 6.60. The quantitative estimate of drug-likeness (QED) is 0.634. The number of rotatable bonds is 4. The van der Waals surface area contributed by atoms with Gasteiger partial charge in [-0.25, -0.2) is 4.98 Å². The zero-order valence-corrected chi connectivity index (χ0v) is 14.9. The standard InChI is InChI=1S/C15H16Cl2N2O2.HNO3/c1-2-12-8-20-15(21-12,9-19-6-5-18-10-19)13-4-3-11(16)7-14(13)17;2-1(3)4/h3-7,10,12H,2,8-9H2,1H3;(H,2,3,4). The third kappa shape index (κ3) is 5.05. The molecule has 10 heteroatoms. The molecule has 136 valence electrons. The number of hydrogen-bond acceptors (Lipinski definition) is 5. The van der Waals surface area contributed by atoms with Crippen molar-refractivity contribution in [2.24, 2.45) is 0 Å². The van der Waals surface area contributed by atoms with E-state index in [-0.39, 0.29) is 6.10 Å². The van der Waals surface area contributed by atoms with Crippen molar-refractivity contribution in [3.63, 3.8) is 0 Å². The Balaban J connectivity index is 0.000000511. The molecule has 1 saturated heterocycles. The molecule has 1 aromatic heterocycles. The Morgan fingerprint density at radius 1 is 1.52 bits per heavy atom. The van der Waals surface area contributed by atoms with Crippen molar-refractivity contribution in [1.82, 2.24) is 9.55 Å². The van der Waals surface area contributed by atoms with Crippen LogP contribution in [0.2, 0.25) is 10.0 Å². The summed E-state index contributed by atoms with van der Waals surface area (Å²) in [7, 11) is 0. The summed E-state index contributed by atoms with van der Waals surface area (Å²) in [6, 6.07) is 5.37. The van der Waals surface area contributed by atoms with Gasteiger partial charge in [-0.2, -0.15) is 0 Å². The Morgan fingerprint density at radius 2 is 2.24 bits per heavy atom. The third-order valence-electron chi connectivity index (χ3n) is 3.61. The molecule has 0 aliphatic carbocycles. The van der Waals surface area contributed by atoms with Crippen LogP contribution in [-0.2, 0) is 21.8 Å². The summed E-state index contributed by atoms with van der Waals surface area (Å²) < 4.78 is 14.1. The molecule has 2 heterocycles. The first kappa shape index (κ1) is 19.5. The lowest BCUT2D eigenvalue weighted by Crippen LogP contribution is -2.33. The van der Waals surface area contributed by atoms with Crippen molar-refractivity contribution in [2.75, 3.05) is 6.61 Å². The fourth-order valence-corrected chi connectivity index (χ4v) is 3.05. The summed E-state index contributed by atoms with van der Waals surface area (Å²) in [4.78, 5) is 12.4. The van der Waals surface area contributed by atoms with Gasteiger partial charge in [0.2, 0.25) is 5.79 Å². The summed E-state index contributed by atoms with van der Waals surface area (Å²) >= 11 is 12.3. The van der Waals surface area contributed by atoms with E-state index in [1.54, 1.807) is 24.7 Å². The van der Waals surface area contributed by atoms with Crippen LogP contribution in [0.5, 0.6) is 0 Å². The van der Waals surface area contributed by atoms with Crippen molar-refractivity contribution in [3.8, 4) is 0 Å². The molecular weight excluding hydrogens is 373 g/mol. The van der Waals surface area contributed by atoms with Crippen LogP contribution in [0.15, 0.2) is 36.9 Å². The zero-order chi connectivity index (χ0) is 18.4. The normalized spacial score (nSPS) is 22.3. The topological polar surface area (TPSA) is 99.7 Å². The molecule has 0 bridgehead atoms. The van der Waals surface area contributed by atoms with Gasteiger partial charge in [-0.1, -0.05) is 36.2 Å². The molecule has 2 aromatic rings. The van der Waals surface area contributed by atoms with Crippen LogP contribution >= 0.6 is 23.2 Å². The maximum Gasteiger partial charge on any atom is 0.291 e. The predicted molar refractivity (Wildman–Crippen MR) is 90.3 cm³/mol. The minimum Gasteiger partial charge on any atom is -0.342 e.